The summed E-state index contributed by atoms with van der Waals surface area (Å²) in [4.78, 5) is 28.3. The minimum atomic E-state index is -0.759. The van der Waals surface area contributed by atoms with Gasteiger partial charge in [-0.3, -0.25) is 19.9 Å². The quantitative estimate of drug-likeness (QED) is 0.628. The molecular formula is C15H14FN3O3. The van der Waals surface area contributed by atoms with E-state index in [2.05, 4.69) is 4.98 Å². The Kier molecular flexibility index (Phi) is 4.77. The molecule has 0 aliphatic carbocycles. The Labute approximate surface area is 126 Å². The molecule has 7 heteroatoms. The van der Waals surface area contributed by atoms with Gasteiger partial charge in [-0.25, -0.2) is 4.39 Å². The molecule has 0 unspecified atom stereocenters. The van der Waals surface area contributed by atoms with E-state index >= 15 is 0 Å². The van der Waals surface area contributed by atoms with Gasteiger partial charge in [0.1, 0.15) is 11.4 Å². The van der Waals surface area contributed by atoms with E-state index in [0.29, 0.717) is 12.2 Å². The van der Waals surface area contributed by atoms with Crippen molar-refractivity contribution < 1.29 is 14.1 Å². The number of hydrogen-bond donors (Lipinski definition) is 0. The summed E-state index contributed by atoms with van der Waals surface area (Å²) >= 11 is 0. The summed E-state index contributed by atoms with van der Waals surface area (Å²) in [6.07, 6.45) is 1.61. The average molecular weight is 303 g/mol. The molecule has 0 radical (unpaired) electrons. The first-order valence-corrected chi connectivity index (χ1v) is 6.66. The first-order chi connectivity index (χ1) is 10.5. The number of aromatic nitrogens is 1. The maximum Gasteiger partial charge on any atom is 0.285 e. The summed E-state index contributed by atoms with van der Waals surface area (Å²) in [5.74, 6) is -1.28. The number of nitrogens with zero attached hydrogens (tertiary/aromatic N) is 3. The Bertz CT molecular complexity index is 692. The Morgan fingerprint density at radius 1 is 1.36 bits per heavy atom. The lowest BCUT2D eigenvalue weighted by molar-refractivity contribution is -0.385. The standard InChI is InChI=1S/C15H14FN3O3/c1-2-18(10-12-5-3-4-8-17-12)15(20)13-7-6-11(16)9-14(13)19(21)22/h3-9H,2,10H2,1H3. The summed E-state index contributed by atoms with van der Waals surface area (Å²) in [5, 5.41) is 11.0. The van der Waals surface area contributed by atoms with E-state index in [-0.39, 0.29) is 12.1 Å². The number of halogens is 1. The lowest BCUT2D eigenvalue weighted by atomic mass is 10.1. The second-order valence-corrected chi connectivity index (χ2v) is 4.56. The van der Waals surface area contributed by atoms with Crippen LogP contribution in [0.2, 0.25) is 0 Å². The zero-order valence-electron chi connectivity index (χ0n) is 11.9. The third-order valence-corrected chi connectivity index (χ3v) is 3.13. The van der Waals surface area contributed by atoms with Crippen LogP contribution in [0.1, 0.15) is 23.0 Å². The third kappa shape index (κ3) is 3.43. The minimum Gasteiger partial charge on any atom is -0.333 e. The van der Waals surface area contributed by atoms with Crippen LogP contribution in [0.15, 0.2) is 42.6 Å². The van der Waals surface area contributed by atoms with Gasteiger partial charge in [-0.15, -0.1) is 0 Å². The van der Waals surface area contributed by atoms with Crippen molar-refractivity contribution in [1.82, 2.24) is 9.88 Å². The van der Waals surface area contributed by atoms with Crippen molar-refractivity contribution in [2.24, 2.45) is 0 Å². The minimum absolute atomic E-state index is 0.135. The topological polar surface area (TPSA) is 76.3 Å². The van der Waals surface area contributed by atoms with Crippen LogP contribution in [0.25, 0.3) is 0 Å². The van der Waals surface area contributed by atoms with Gasteiger partial charge in [0.25, 0.3) is 11.6 Å². The first-order valence-electron chi connectivity index (χ1n) is 6.66. The van der Waals surface area contributed by atoms with Gasteiger partial charge < -0.3 is 4.90 Å². The fourth-order valence-electron chi connectivity index (χ4n) is 2.02. The summed E-state index contributed by atoms with van der Waals surface area (Å²) in [7, 11) is 0. The van der Waals surface area contributed by atoms with Gasteiger partial charge in [-0.05, 0) is 31.2 Å². The van der Waals surface area contributed by atoms with Crippen LogP contribution >= 0.6 is 0 Å². The normalized spacial score (nSPS) is 10.3. The summed E-state index contributed by atoms with van der Waals surface area (Å²) in [5.41, 5.74) is -0.00360. The van der Waals surface area contributed by atoms with Crippen LogP contribution in [0, 0.1) is 15.9 Å². The van der Waals surface area contributed by atoms with E-state index in [4.69, 9.17) is 0 Å². The molecular weight excluding hydrogens is 289 g/mol. The predicted molar refractivity (Wildman–Crippen MR) is 77.7 cm³/mol. The lowest BCUT2D eigenvalue weighted by Crippen LogP contribution is -2.31. The number of carbonyl (C=O) groups excluding carboxylic acids is 1. The molecule has 1 aromatic carbocycles. The highest BCUT2D eigenvalue weighted by Gasteiger charge is 2.24. The Balaban J connectivity index is 2.31. The average Bonchev–Trinajstić information content (AvgIpc) is 2.52. The number of benzene rings is 1. The molecule has 6 nitrogen and oxygen atoms in total. The highest BCUT2D eigenvalue weighted by atomic mass is 19.1. The van der Waals surface area contributed by atoms with E-state index < -0.39 is 22.3 Å². The van der Waals surface area contributed by atoms with Crippen LogP contribution in [-0.2, 0) is 6.54 Å². The van der Waals surface area contributed by atoms with Crippen molar-refractivity contribution in [2.45, 2.75) is 13.5 Å². The monoisotopic (exact) mass is 303 g/mol. The number of rotatable bonds is 5. The molecule has 0 aliphatic heterocycles. The van der Waals surface area contributed by atoms with Gasteiger partial charge in [-0.2, -0.15) is 0 Å². The molecule has 2 aromatic rings. The van der Waals surface area contributed by atoms with Crippen molar-refractivity contribution in [3.8, 4) is 0 Å². The maximum absolute atomic E-state index is 13.2. The van der Waals surface area contributed by atoms with Gasteiger partial charge in [0.2, 0.25) is 0 Å². The predicted octanol–water partition coefficient (Wildman–Crippen LogP) is 2.79. The van der Waals surface area contributed by atoms with Crippen LogP contribution in [0.3, 0.4) is 0 Å². The molecule has 0 bridgehead atoms. The molecule has 1 amide bonds. The largest absolute Gasteiger partial charge is 0.333 e. The van der Waals surface area contributed by atoms with E-state index in [1.807, 2.05) is 0 Å². The van der Waals surface area contributed by atoms with E-state index in [1.165, 1.54) is 4.90 Å². The molecule has 0 aliphatic rings. The Hall–Kier alpha value is -2.83. The maximum atomic E-state index is 13.2. The van der Waals surface area contributed by atoms with Gasteiger partial charge in [0, 0.05) is 12.7 Å². The zero-order valence-corrected chi connectivity index (χ0v) is 11.9. The number of carbonyl (C=O) groups is 1. The molecule has 0 saturated heterocycles. The highest BCUT2D eigenvalue weighted by Crippen LogP contribution is 2.22. The second-order valence-electron chi connectivity index (χ2n) is 4.56. The second kappa shape index (κ2) is 6.75. The number of amides is 1. The number of nitro groups is 1. The van der Waals surface area contributed by atoms with Crippen molar-refractivity contribution in [3.05, 3.63) is 69.8 Å². The van der Waals surface area contributed by atoms with E-state index in [1.54, 1.807) is 31.3 Å². The smallest absolute Gasteiger partial charge is 0.285 e. The molecule has 0 saturated carbocycles. The molecule has 0 N–H and O–H groups in total. The summed E-state index contributed by atoms with van der Waals surface area (Å²) in [6.45, 7) is 2.34. The Morgan fingerprint density at radius 2 is 2.14 bits per heavy atom. The molecule has 22 heavy (non-hydrogen) atoms. The van der Waals surface area contributed by atoms with Gasteiger partial charge >= 0.3 is 0 Å². The van der Waals surface area contributed by atoms with E-state index in [0.717, 1.165) is 18.2 Å². The molecule has 1 heterocycles. The number of nitro benzene ring substituents is 1. The van der Waals surface area contributed by atoms with Gasteiger partial charge in [-0.1, -0.05) is 6.07 Å². The lowest BCUT2D eigenvalue weighted by Gasteiger charge is -2.20. The first kappa shape index (κ1) is 15.6. The third-order valence-electron chi connectivity index (χ3n) is 3.13. The zero-order chi connectivity index (χ0) is 16.1. The van der Waals surface area contributed by atoms with Crippen molar-refractivity contribution in [3.63, 3.8) is 0 Å². The van der Waals surface area contributed by atoms with Crippen LogP contribution in [0.5, 0.6) is 0 Å². The van der Waals surface area contributed by atoms with Crippen LogP contribution < -0.4 is 0 Å². The van der Waals surface area contributed by atoms with Crippen molar-refractivity contribution in [1.29, 1.82) is 0 Å². The molecule has 1 aromatic heterocycles. The molecule has 114 valence electrons. The van der Waals surface area contributed by atoms with Crippen LogP contribution in [0.4, 0.5) is 10.1 Å². The molecule has 0 fully saturated rings. The fraction of sp³-hybridized carbons (Fsp3) is 0.200. The van der Waals surface area contributed by atoms with Crippen LogP contribution in [-0.4, -0.2) is 27.3 Å². The molecule has 0 spiro atoms. The molecule has 0 atom stereocenters. The van der Waals surface area contributed by atoms with E-state index in [9.17, 15) is 19.3 Å². The van der Waals surface area contributed by atoms with Gasteiger partial charge in [0.15, 0.2) is 0 Å². The number of hydrogen-bond acceptors (Lipinski definition) is 4. The van der Waals surface area contributed by atoms with Crippen molar-refractivity contribution in [2.75, 3.05) is 6.54 Å². The summed E-state index contributed by atoms with van der Waals surface area (Å²) in [6, 6.07) is 8.23. The Morgan fingerprint density at radius 3 is 2.73 bits per heavy atom. The SMILES string of the molecule is CCN(Cc1ccccn1)C(=O)c1ccc(F)cc1[N+](=O)[O-]. The molecule has 2 rings (SSSR count). The highest BCUT2D eigenvalue weighted by molar-refractivity contribution is 5.98. The van der Waals surface area contributed by atoms with Crippen molar-refractivity contribution >= 4 is 11.6 Å². The fourth-order valence-corrected chi connectivity index (χ4v) is 2.02. The summed E-state index contributed by atoms with van der Waals surface area (Å²) < 4.78 is 13.2. The van der Waals surface area contributed by atoms with Gasteiger partial charge in [0.05, 0.1) is 23.2 Å². The number of pyridine rings is 1.